The number of hydrogen-bond acceptors (Lipinski definition) is 4. The summed E-state index contributed by atoms with van der Waals surface area (Å²) in [5.41, 5.74) is 0.180. The van der Waals surface area contributed by atoms with Gasteiger partial charge in [-0.1, -0.05) is 0 Å². The lowest BCUT2D eigenvalue weighted by atomic mass is 10.3. The van der Waals surface area contributed by atoms with Gasteiger partial charge in [-0.05, 0) is 36.4 Å². The van der Waals surface area contributed by atoms with Gasteiger partial charge in [0.1, 0.15) is 16.6 Å². The lowest BCUT2D eigenvalue weighted by Crippen LogP contribution is -2.04. The highest BCUT2D eigenvalue weighted by Crippen LogP contribution is 2.20. The van der Waals surface area contributed by atoms with Crippen LogP contribution in [-0.2, 0) is 0 Å². The molecule has 0 amide bonds. The van der Waals surface area contributed by atoms with Crippen LogP contribution < -0.4 is 4.74 Å². The number of carboxylic acids is 1. The molecule has 20 heavy (non-hydrogen) atoms. The molecule has 1 aromatic heterocycles. The molecular formula is C14H12FNO3S. The van der Waals surface area contributed by atoms with Crippen molar-refractivity contribution in [1.29, 1.82) is 0 Å². The highest BCUT2D eigenvalue weighted by molar-refractivity contribution is 7.99. The minimum atomic E-state index is -1.000. The van der Waals surface area contributed by atoms with Crippen LogP contribution in [0.15, 0.2) is 47.6 Å². The maximum Gasteiger partial charge on any atom is 0.338 e. The minimum absolute atomic E-state index is 0.180. The van der Waals surface area contributed by atoms with E-state index in [1.807, 2.05) is 0 Å². The van der Waals surface area contributed by atoms with Crippen molar-refractivity contribution in [3.63, 3.8) is 0 Å². The van der Waals surface area contributed by atoms with Crippen molar-refractivity contribution in [2.24, 2.45) is 0 Å². The van der Waals surface area contributed by atoms with Crippen LogP contribution >= 0.6 is 11.8 Å². The maximum absolute atomic E-state index is 12.7. The van der Waals surface area contributed by atoms with E-state index in [0.29, 0.717) is 23.1 Å². The molecule has 6 heteroatoms. The zero-order chi connectivity index (χ0) is 14.4. The third-order valence-electron chi connectivity index (χ3n) is 2.41. The molecule has 0 saturated carbocycles. The molecule has 0 fully saturated rings. The molecule has 4 nitrogen and oxygen atoms in total. The van der Waals surface area contributed by atoms with Crippen LogP contribution in [0.5, 0.6) is 5.75 Å². The number of rotatable bonds is 6. The molecule has 1 heterocycles. The monoisotopic (exact) mass is 293 g/mol. The smallest absolute Gasteiger partial charge is 0.338 e. The number of pyridine rings is 1. The van der Waals surface area contributed by atoms with E-state index < -0.39 is 5.97 Å². The van der Waals surface area contributed by atoms with Gasteiger partial charge in [-0.3, -0.25) is 0 Å². The average Bonchev–Trinajstić information content (AvgIpc) is 2.46. The number of nitrogens with zero attached hydrogens (tertiary/aromatic N) is 1. The SMILES string of the molecule is O=C(O)c1cccnc1SCCOc1ccc(F)cc1. The van der Waals surface area contributed by atoms with Crippen molar-refractivity contribution < 1.29 is 19.0 Å². The summed E-state index contributed by atoms with van der Waals surface area (Å²) < 4.78 is 18.1. The molecule has 0 bridgehead atoms. The van der Waals surface area contributed by atoms with Gasteiger partial charge < -0.3 is 9.84 Å². The van der Waals surface area contributed by atoms with Crippen molar-refractivity contribution >= 4 is 17.7 Å². The number of halogens is 1. The van der Waals surface area contributed by atoms with Crippen LogP contribution in [0.4, 0.5) is 4.39 Å². The van der Waals surface area contributed by atoms with Gasteiger partial charge in [0.2, 0.25) is 0 Å². The van der Waals surface area contributed by atoms with E-state index in [4.69, 9.17) is 9.84 Å². The Morgan fingerprint density at radius 3 is 2.75 bits per heavy atom. The Morgan fingerprint density at radius 1 is 1.30 bits per heavy atom. The first-order valence-corrected chi connectivity index (χ1v) is 6.85. The normalized spacial score (nSPS) is 10.2. The lowest BCUT2D eigenvalue weighted by Gasteiger charge is -2.06. The average molecular weight is 293 g/mol. The highest BCUT2D eigenvalue weighted by Gasteiger charge is 2.10. The Balaban J connectivity index is 1.84. The maximum atomic E-state index is 12.7. The Morgan fingerprint density at radius 2 is 2.05 bits per heavy atom. The van der Waals surface area contributed by atoms with Crippen LogP contribution in [-0.4, -0.2) is 28.4 Å². The second-order valence-corrected chi connectivity index (χ2v) is 4.90. The number of ether oxygens (including phenoxy) is 1. The van der Waals surface area contributed by atoms with E-state index in [0.717, 1.165) is 0 Å². The van der Waals surface area contributed by atoms with Crippen LogP contribution in [0.3, 0.4) is 0 Å². The van der Waals surface area contributed by atoms with Crippen LogP contribution in [0.2, 0.25) is 0 Å². The molecule has 0 aliphatic carbocycles. The predicted molar refractivity (Wildman–Crippen MR) is 73.8 cm³/mol. The molecule has 104 valence electrons. The number of aromatic nitrogens is 1. The van der Waals surface area contributed by atoms with Gasteiger partial charge in [0.15, 0.2) is 0 Å². The minimum Gasteiger partial charge on any atom is -0.493 e. The first kappa shape index (κ1) is 14.3. The van der Waals surface area contributed by atoms with E-state index in [-0.39, 0.29) is 11.4 Å². The zero-order valence-electron chi connectivity index (χ0n) is 10.5. The predicted octanol–water partition coefficient (Wildman–Crippen LogP) is 3.09. The zero-order valence-corrected chi connectivity index (χ0v) is 11.3. The van der Waals surface area contributed by atoms with Gasteiger partial charge in [-0.25, -0.2) is 14.2 Å². The number of carbonyl (C=O) groups is 1. The number of benzene rings is 1. The van der Waals surface area contributed by atoms with Crippen molar-refractivity contribution in [3.8, 4) is 5.75 Å². The van der Waals surface area contributed by atoms with E-state index in [1.165, 1.54) is 30.0 Å². The second-order valence-electron chi connectivity index (χ2n) is 3.81. The lowest BCUT2D eigenvalue weighted by molar-refractivity contribution is 0.0692. The molecule has 0 atom stereocenters. The van der Waals surface area contributed by atoms with Crippen molar-refractivity contribution in [1.82, 2.24) is 4.98 Å². The van der Waals surface area contributed by atoms with Gasteiger partial charge in [0.25, 0.3) is 0 Å². The summed E-state index contributed by atoms with van der Waals surface area (Å²) in [6.07, 6.45) is 1.55. The molecule has 0 aliphatic rings. The van der Waals surface area contributed by atoms with Gasteiger partial charge in [0, 0.05) is 11.9 Å². The van der Waals surface area contributed by atoms with Gasteiger partial charge in [0.05, 0.1) is 12.2 Å². The largest absolute Gasteiger partial charge is 0.493 e. The molecule has 1 aromatic carbocycles. The topological polar surface area (TPSA) is 59.4 Å². The Bertz CT molecular complexity index is 589. The second kappa shape index (κ2) is 6.91. The summed E-state index contributed by atoms with van der Waals surface area (Å²) in [4.78, 5) is 15.0. The summed E-state index contributed by atoms with van der Waals surface area (Å²) >= 11 is 1.31. The third kappa shape index (κ3) is 3.96. The molecule has 1 N–H and O–H groups in total. The quantitative estimate of drug-likeness (QED) is 0.655. The fraction of sp³-hybridized carbons (Fsp3) is 0.143. The molecule has 0 spiro atoms. The van der Waals surface area contributed by atoms with Gasteiger partial charge in [-0.2, -0.15) is 0 Å². The number of thioether (sulfide) groups is 1. The summed E-state index contributed by atoms with van der Waals surface area (Å²) in [5.74, 6) is -0.188. The van der Waals surface area contributed by atoms with E-state index in [1.54, 1.807) is 24.4 Å². The van der Waals surface area contributed by atoms with Crippen LogP contribution in [0.25, 0.3) is 0 Å². The van der Waals surface area contributed by atoms with Gasteiger partial charge in [-0.15, -0.1) is 11.8 Å². The van der Waals surface area contributed by atoms with Gasteiger partial charge >= 0.3 is 5.97 Å². The molecular weight excluding hydrogens is 281 g/mol. The molecule has 0 unspecified atom stereocenters. The van der Waals surface area contributed by atoms with Crippen molar-refractivity contribution in [3.05, 3.63) is 54.0 Å². The fourth-order valence-corrected chi connectivity index (χ4v) is 2.30. The summed E-state index contributed by atoms with van der Waals surface area (Å²) in [6, 6.07) is 8.83. The van der Waals surface area contributed by atoms with Crippen molar-refractivity contribution in [2.45, 2.75) is 5.03 Å². The molecule has 0 radical (unpaired) electrons. The molecule has 2 rings (SSSR count). The van der Waals surface area contributed by atoms with Crippen molar-refractivity contribution in [2.75, 3.05) is 12.4 Å². The summed E-state index contributed by atoms with van der Waals surface area (Å²) in [5, 5.41) is 9.47. The molecule has 0 aliphatic heterocycles. The van der Waals surface area contributed by atoms with Crippen LogP contribution in [0, 0.1) is 5.82 Å². The third-order valence-corrected chi connectivity index (χ3v) is 3.38. The highest BCUT2D eigenvalue weighted by atomic mass is 32.2. The first-order valence-electron chi connectivity index (χ1n) is 5.86. The number of hydrogen-bond donors (Lipinski definition) is 1. The Kier molecular flexibility index (Phi) is 4.95. The number of aromatic carboxylic acids is 1. The number of carboxylic acid groups (broad SMARTS) is 1. The Labute approximate surface area is 119 Å². The molecule has 0 saturated heterocycles. The molecule has 2 aromatic rings. The fourth-order valence-electron chi connectivity index (χ4n) is 1.50. The van der Waals surface area contributed by atoms with E-state index in [2.05, 4.69) is 4.98 Å². The van der Waals surface area contributed by atoms with Crippen LogP contribution in [0.1, 0.15) is 10.4 Å². The summed E-state index contributed by atoms with van der Waals surface area (Å²) in [6.45, 7) is 0.381. The standard InChI is InChI=1S/C14H12FNO3S/c15-10-3-5-11(6-4-10)19-8-9-20-13-12(14(17)18)2-1-7-16-13/h1-7H,8-9H2,(H,17,18). The van der Waals surface area contributed by atoms with E-state index in [9.17, 15) is 9.18 Å². The first-order chi connectivity index (χ1) is 9.66. The Hall–Kier alpha value is -2.08. The summed E-state index contributed by atoms with van der Waals surface area (Å²) in [7, 11) is 0. The van der Waals surface area contributed by atoms with E-state index >= 15 is 0 Å².